The Hall–Kier alpha value is -3.20. The lowest BCUT2D eigenvalue weighted by Gasteiger charge is -2.28. The molecule has 27 heavy (non-hydrogen) atoms. The highest BCUT2D eigenvalue weighted by Crippen LogP contribution is 2.43. The smallest absolute Gasteiger partial charge is 0.269 e. The number of hydrogen-bond donors (Lipinski definition) is 9. The summed E-state index contributed by atoms with van der Waals surface area (Å²) in [4.78, 5) is 35.8. The number of hydrogen-bond acceptors (Lipinski definition) is 10. The summed E-state index contributed by atoms with van der Waals surface area (Å²) in [7, 11) is 0. The summed E-state index contributed by atoms with van der Waals surface area (Å²) in [5, 5.41) is 30.3. The Kier molecular flexibility index (Phi) is 4.27. The molecule has 14 nitrogen and oxygen atoms in total. The molecule has 0 unspecified atom stereocenters. The van der Waals surface area contributed by atoms with Crippen LogP contribution in [-0.2, 0) is 10.3 Å². The number of aromatic amines is 2. The predicted molar refractivity (Wildman–Crippen MR) is 87.8 cm³/mol. The van der Waals surface area contributed by atoms with E-state index in [-0.39, 0.29) is 34.7 Å². The Labute approximate surface area is 150 Å². The van der Waals surface area contributed by atoms with Crippen LogP contribution in [0.1, 0.15) is 32.6 Å². The van der Waals surface area contributed by atoms with Gasteiger partial charge in [0, 0.05) is 0 Å². The zero-order valence-electron chi connectivity index (χ0n) is 13.7. The molecule has 1 aliphatic heterocycles. The summed E-state index contributed by atoms with van der Waals surface area (Å²) < 4.78 is 5.64. The van der Waals surface area contributed by atoms with E-state index in [1.807, 2.05) is 0 Å². The number of carbonyl (C=O) groups is 2. The lowest BCUT2D eigenvalue weighted by molar-refractivity contribution is -0.0800. The minimum absolute atomic E-state index is 0.263. The van der Waals surface area contributed by atoms with Gasteiger partial charge in [0.25, 0.3) is 11.8 Å². The van der Waals surface area contributed by atoms with Gasteiger partial charge in [-0.2, -0.15) is 0 Å². The molecular formula is C13H18N8O6. The van der Waals surface area contributed by atoms with Crippen LogP contribution in [0.5, 0.6) is 0 Å². The zero-order valence-corrected chi connectivity index (χ0v) is 13.7. The molecule has 1 saturated heterocycles. The molecule has 2 aromatic heterocycles. The second kappa shape index (κ2) is 6.20. The van der Waals surface area contributed by atoms with Gasteiger partial charge < -0.3 is 53.0 Å². The van der Waals surface area contributed by atoms with Crippen LogP contribution in [0, 0.1) is 0 Å². The van der Waals surface area contributed by atoms with Gasteiger partial charge in [0.05, 0.1) is 6.61 Å². The van der Waals surface area contributed by atoms with E-state index >= 15 is 0 Å². The number of rotatable bonds is 5. The van der Waals surface area contributed by atoms with E-state index in [1.165, 1.54) is 0 Å². The summed E-state index contributed by atoms with van der Waals surface area (Å²) in [6, 6.07) is 0. The number of ether oxygens (including phenoxy) is 1. The summed E-state index contributed by atoms with van der Waals surface area (Å²) in [6.07, 6.45) is -4.60. The van der Waals surface area contributed by atoms with Crippen LogP contribution in [0.25, 0.3) is 0 Å². The predicted octanol–water partition coefficient (Wildman–Crippen LogP) is -4.15. The number of nitrogens with zero attached hydrogens (tertiary/aromatic N) is 2. The summed E-state index contributed by atoms with van der Waals surface area (Å²) in [5.74, 6) is -3.01. The van der Waals surface area contributed by atoms with Crippen molar-refractivity contribution in [3.63, 3.8) is 0 Å². The van der Waals surface area contributed by atoms with E-state index in [4.69, 9.17) is 27.7 Å². The fraction of sp³-hybridized carbons (Fsp3) is 0.385. The molecule has 13 N–H and O–H groups in total. The number of aliphatic hydroxyl groups excluding tert-OH is 3. The number of nitrogens with two attached hydrogens (primary N) is 4. The van der Waals surface area contributed by atoms with Crippen molar-refractivity contribution in [1.82, 2.24) is 19.9 Å². The monoisotopic (exact) mass is 382 g/mol. The number of H-pyrrole nitrogens is 2. The molecule has 0 spiro atoms. The van der Waals surface area contributed by atoms with Crippen LogP contribution in [0.4, 0.5) is 11.6 Å². The zero-order chi connectivity index (χ0) is 20.1. The number of aromatic nitrogens is 4. The molecule has 3 heterocycles. The van der Waals surface area contributed by atoms with Gasteiger partial charge in [-0.3, -0.25) is 9.59 Å². The standard InChI is InChI=1S/C13H18N8O6/c14-7-3(9(16)25)18-11(20-7)13(6(24)5(23)2(1-22)27-13)12-19-4(10(17)26)8(15)21-12/h2,5-6,22-24H,1,14-15H2,(H2,16,25)(H2,17,26)(H,18,20)(H,19,21)/t2-,5-,6-/m1/s1. The van der Waals surface area contributed by atoms with E-state index < -0.39 is 42.3 Å². The highest BCUT2D eigenvalue weighted by Gasteiger charge is 2.60. The van der Waals surface area contributed by atoms with E-state index in [1.54, 1.807) is 0 Å². The van der Waals surface area contributed by atoms with Crippen LogP contribution in [0.15, 0.2) is 0 Å². The SMILES string of the molecule is NC(=O)c1[nH]c(C2(c3nc(N)c(C(N)=O)[nH]3)O[C@H](CO)[C@@H](O)[C@H]2O)nc1N. The van der Waals surface area contributed by atoms with Crippen LogP contribution in [0.3, 0.4) is 0 Å². The summed E-state index contributed by atoms with van der Waals surface area (Å²) in [6.45, 7) is -0.669. The third-order valence-corrected chi connectivity index (χ3v) is 4.30. The van der Waals surface area contributed by atoms with Crippen molar-refractivity contribution in [2.75, 3.05) is 18.1 Å². The maximum atomic E-state index is 11.5. The van der Waals surface area contributed by atoms with Crippen molar-refractivity contribution in [2.45, 2.75) is 23.9 Å². The fourth-order valence-electron chi connectivity index (χ4n) is 2.97. The second-order valence-electron chi connectivity index (χ2n) is 5.93. The van der Waals surface area contributed by atoms with Crippen LogP contribution in [0.2, 0.25) is 0 Å². The first-order valence-electron chi connectivity index (χ1n) is 7.59. The lowest BCUT2D eigenvalue weighted by atomic mass is 9.92. The molecule has 0 saturated carbocycles. The Balaban J connectivity index is 2.25. The molecule has 2 aromatic rings. The number of aliphatic hydroxyl groups is 3. The second-order valence-corrected chi connectivity index (χ2v) is 5.93. The van der Waals surface area contributed by atoms with E-state index in [9.17, 15) is 24.9 Å². The van der Waals surface area contributed by atoms with E-state index in [2.05, 4.69) is 19.9 Å². The van der Waals surface area contributed by atoms with Gasteiger partial charge >= 0.3 is 0 Å². The topological polar surface area (TPSA) is 265 Å². The first-order valence-corrected chi connectivity index (χ1v) is 7.59. The molecule has 3 rings (SSSR count). The Morgan fingerprint density at radius 1 is 1.04 bits per heavy atom. The van der Waals surface area contributed by atoms with E-state index in [0.29, 0.717) is 0 Å². The van der Waals surface area contributed by atoms with Crippen LogP contribution in [-0.4, -0.2) is 72.0 Å². The normalized spacial score (nSPS) is 24.2. The number of anilines is 2. The Morgan fingerprint density at radius 2 is 1.48 bits per heavy atom. The summed E-state index contributed by atoms with van der Waals surface area (Å²) in [5.41, 5.74) is 19.1. The quantitative estimate of drug-likeness (QED) is 0.241. The number of primary amides is 2. The molecule has 0 radical (unpaired) electrons. The minimum atomic E-state index is -2.09. The van der Waals surface area contributed by atoms with Crippen molar-refractivity contribution in [3.05, 3.63) is 23.0 Å². The average molecular weight is 382 g/mol. The third kappa shape index (κ3) is 2.58. The summed E-state index contributed by atoms with van der Waals surface area (Å²) >= 11 is 0. The highest BCUT2D eigenvalue weighted by molar-refractivity contribution is 5.96. The average Bonchev–Trinajstić information content (AvgIpc) is 3.24. The molecule has 3 atom stereocenters. The molecule has 14 heteroatoms. The van der Waals surface area contributed by atoms with Gasteiger partial charge in [-0.15, -0.1) is 0 Å². The van der Waals surface area contributed by atoms with Gasteiger partial charge in [-0.05, 0) is 0 Å². The number of carbonyl (C=O) groups excluding carboxylic acids is 2. The number of amides is 2. The molecular weight excluding hydrogens is 364 g/mol. The first kappa shape index (κ1) is 18.6. The molecule has 0 aromatic carbocycles. The molecule has 0 bridgehead atoms. The number of nitrogen functional groups attached to an aromatic ring is 2. The van der Waals surface area contributed by atoms with Gasteiger partial charge in [0.15, 0.2) is 23.3 Å². The van der Waals surface area contributed by atoms with Gasteiger partial charge in [0.1, 0.15) is 29.7 Å². The Bertz CT molecular complexity index is 849. The van der Waals surface area contributed by atoms with Crippen molar-refractivity contribution in [2.24, 2.45) is 11.5 Å². The van der Waals surface area contributed by atoms with E-state index in [0.717, 1.165) is 0 Å². The maximum Gasteiger partial charge on any atom is 0.269 e. The van der Waals surface area contributed by atoms with Gasteiger partial charge in [-0.1, -0.05) is 0 Å². The first-order chi connectivity index (χ1) is 12.6. The third-order valence-electron chi connectivity index (χ3n) is 4.30. The lowest BCUT2D eigenvalue weighted by Crippen LogP contribution is -2.43. The van der Waals surface area contributed by atoms with Crippen molar-refractivity contribution >= 4 is 23.5 Å². The van der Waals surface area contributed by atoms with Crippen LogP contribution < -0.4 is 22.9 Å². The largest absolute Gasteiger partial charge is 0.394 e. The van der Waals surface area contributed by atoms with Crippen molar-refractivity contribution in [1.29, 1.82) is 0 Å². The molecule has 146 valence electrons. The minimum Gasteiger partial charge on any atom is -0.394 e. The maximum absolute atomic E-state index is 11.5. The fourth-order valence-corrected chi connectivity index (χ4v) is 2.97. The molecule has 0 aliphatic carbocycles. The number of nitrogens with one attached hydrogen (secondary N) is 2. The van der Waals surface area contributed by atoms with Crippen LogP contribution >= 0.6 is 0 Å². The Morgan fingerprint density at radius 3 is 1.78 bits per heavy atom. The van der Waals surface area contributed by atoms with Crippen molar-refractivity contribution < 1.29 is 29.6 Å². The van der Waals surface area contributed by atoms with Crippen molar-refractivity contribution in [3.8, 4) is 0 Å². The molecule has 2 amide bonds. The highest BCUT2D eigenvalue weighted by atomic mass is 16.6. The van der Waals surface area contributed by atoms with Gasteiger partial charge in [-0.25, -0.2) is 9.97 Å². The molecule has 1 fully saturated rings. The molecule has 1 aliphatic rings. The number of imidazole rings is 2. The van der Waals surface area contributed by atoms with Gasteiger partial charge in [0.2, 0.25) is 5.60 Å².